The van der Waals surface area contributed by atoms with Crippen LogP contribution in [0.5, 0.6) is 0 Å². The number of fused-ring (bicyclic) bond motifs is 1. The molecule has 2 aliphatic heterocycles. The fraction of sp³-hybridized carbons (Fsp3) is 0.167. The van der Waals surface area contributed by atoms with E-state index in [1.54, 1.807) is 53.4 Å². The lowest BCUT2D eigenvalue weighted by molar-refractivity contribution is 0.0285. The summed E-state index contributed by atoms with van der Waals surface area (Å²) in [6, 6.07) is 14.8. The zero-order valence-corrected chi connectivity index (χ0v) is 18.6. The van der Waals surface area contributed by atoms with Gasteiger partial charge in [0.25, 0.3) is 21.8 Å². The van der Waals surface area contributed by atoms with Crippen LogP contribution in [0.3, 0.4) is 0 Å². The van der Waals surface area contributed by atoms with Gasteiger partial charge in [-0.05, 0) is 30.3 Å². The van der Waals surface area contributed by atoms with E-state index < -0.39 is 15.9 Å². The minimum atomic E-state index is -4.16. The number of benzene rings is 3. The van der Waals surface area contributed by atoms with Crippen LogP contribution in [0.15, 0.2) is 63.9 Å². The number of hydrogen-bond acceptors (Lipinski definition) is 6. The van der Waals surface area contributed by atoms with Crippen molar-refractivity contribution in [3.8, 4) is 0 Å². The highest BCUT2D eigenvalue weighted by atomic mass is 32.2. The smallest absolute Gasteiger partial charge is 0.291 e. The molecule has 0 bridgehead atoms. The number of nitrogens with zero attached hydrogens (tertiary/aromatic N) is 1. The van der Waals surface area contributed by atoms with Crippen molar-refractivity contribution < 1.29 is 27.2 Å². The molecule has 2 aliphatic rings. The molecule has 0 radical (unpaired) electrons. The molecule has 0 unspecified atom stereocenters. The van der Waals surface area contributed by atoms with E-state index in [4.69, 9.17) is 9.15 Å². The average molecular weight is 477 g/mol. The van der Waals surface area contributed by atoms with Crippen molar-refractivity contribution in [2.24, 2.45) is 0 Å². The van der Waals surface area contributed by atoms with Gasteiger partial charge in [0.2, 0.25) is 5.76 Å². The Morgan fingerprint density at radius 1 is 0.971 bits per heavy atom. The summed E-state index contributed by atoms with van der Waals surface area (Å²) in [6.45, 7) is 1.58. The van der Waals surface area contributed by atoms with Gasteiger partial charge in [-0.1, -0.05) is 24.3 Å². The molecule has 34 heavy (non-hydrogen) atoms. The maximum atomic E-state index is 13.6. The predicted molar refractivity (Wildman–Crippen MR) is 126 cm³/mol. The summed E-state index contributed by atoms with van der Waals surface area (Å²) in [5.41, 5.74) is 1.46. The van der Waals surface area contributed by atoms with Gasteiger partial charge in [0.15, 0.2) is 0 Å². The molecule has 0 spiro atoms. The van der Waals surface area contributed by atoms with Gasteiger partial charge in [-0.2, -0.15) is 0 Å². The summed E-state index contributed by atoms with van der Waals surface area (Å²) in [5, 5.41) is 4.19. The lowest BCUT2D eigenvalue weighted by Crippen LogP contribution is -2.40. The number of ether oxygens (including phenoxy) is 1. The summed E-state index contributed by atoms with van der Waals surface area (Å²) in [5.74, 6) is -0.760. The van der Waals surface area contributed by atoms with E-state index >= 15 is 0 Å². The van der Waals surface area contributed by atoms with E-state index in [0.717, 1.165) is 0 Å². The molecule has 2 amide bonds. The second-order valence-electron chi connectivity index (χ2n) is 8.11. The molecule has 1 saturated heterocycles. The van der Waals surface area contributed by atoms with E-state index in [1.807, 2.05) is 0 Å². The van der Waals surface area contributed by atoms with Crippen LogP contribution >= 0.6 is 0 Å². The normalized spacial score (nSPS) is 15.6. The lowest BCUT2D eigenvalue weighted by atomic mass is 10.1. The van der Waals surface area contributed by atoms with Gasteiger partial charge in [0, 0.05) is 40.5 Å². The Kier molecular flexibility index (Phi) is 4.61. The molecule has 3 heterocycles. The van der Waals surface area contributed by atoms with Crippen molar-refractivity contribution in [1.82, 2.24) is 4.90 Å². The molecular formula is C24H19N3O6S. The minimum absolute atomic E-state index is 0.000322. The molecular weight excluding hydrogens is 458 g/mol. The summed E-state index contributed by atoms with van der Waals surface area (Å²) in [6.07, 6.45) is 0. The van der Waals surface area contributed by atoms with Crippen LogP contribution in [-0.4, -0.2) is 51.4 Å². The second-order valence-corrected chi connectivity index (χ2v) is 9.76. The Balaban J connectivity index is 1.48. The number of anilines is 2. The van der Waals surface area contributed by atoms with Crippen molar-refractivity contribution in [2.45, 2.75) is 4.90 Å². The Bertz CT molecular complexity index is 1600. The molecule has 4 aromatic rings. The van der Waals surface area contributed by atoms with E-state index in [0.29, 0.717) is 59.3 Å². The number of carbonyl (C=O) groups excluding carboxylic acids is 2. The standard InChI is InChI=1S/C24H19N3O6S/c28-23-16-6-3-5-15-19(9-8-17(25-23)20(15)16)34(30,31)26-21-14-4-1-2-7-18(14)33-22(21)24(29)27-10-12-32-13-11-27/h1-9,26H,10-13H2,(H,25,28). The molecule has 10 heteroatoms. The largest absolute Gasteiger partial charge is 0.449 e. The van der Waals surface area contributed by atoms with Gasteiger partial charge >= 0.3 is 0 Å². The molecule has 9 nitrogen and oxygen atoms in total. The van der Waals surface area contributed by atoms with Crippen LogP contribution in [0, 0.1) is 0 Å². The Morgan fingerprint density at radius 3 is 2.56 bits per heavy atom. The van der Waals surface area contributed by atoms with Gasteiger partial charge in [-0.3, -0.25) is 14.3 Å². The van der Waals surface area contributed by atoms with Crippen LogP contribution in [0.2, 0.25) is 0 Å². The van der Waals surface area contributed by atoms with Crippen molar-refractivity contribution in [2.75, 3.05) is 36.3 Å². The third-order valence-electron chi connectivity index (χ3n) is 6.11. The summed E-state index contributed by atoms with van der Waals surface area (Å²) in [4.78, 5) is 27.1. The maximum Gasteiger partial charge on any atom is 0.291 e. The molecule has 0 aliphatic carbocycles. The highest BCUT2D eigenvalue weighted by Crippen LogP contribution is 2.38. The number of nitrogens with one attached hydrogen (secondary N) is 2. The molecule has 1 aromatic heterocycles. The predicted octanol–water partition coefficient (Wildman–Crippen LogP) is 3.42. The first-order valence-electron chi connectivity index (χ1n) is 10.7. The number of furan rings is 1. The first-order valence-corrected chi connectivity index (χ1v) is 12.2. The summed E-state index contributed by atoms with van der Waals surface area (Å²) < 4.78 is 41.0. The van der Waals surface area contributed by atoms with Crippen molar-refractivity contribution >= 4 is 55.0 Å². The summed E-state index contributed by atoms with van der Waals surface area (Å²) >= 11 is 0. The van der Waals surface area contributed by atoms with Crippen LogP contribution in [0.4, 0.5) is 11.4 Å². The van der Waals surface area contributed by atoms with Crippen molar-refractivity contribution in [3.05, 3.63) is 65.9 Å². The van der Waals surface area contributed by atoms with Crippen molar-refractivity contribution in [3.63, 3.8) is 0 Å². The minimum Gasteiger partial charge on any atom is -0.449 e. The topological polar surface area (TPSA) is 118 Å². The SMILES string of the molecule is O=C1Nc2ccc(S(=O)(=O)Nc3c(C(=O)N4CCOCC4)oc4ccccc34)c3cccc1c23. The molecule has 0 saturated carbocycles. The maximum absolute atomic E-state index is 13.6. The van der Waals surface area contributed by atoms with E-state index in [1.165, 1.54) is 6.07 Å². The molecule has 2 N–H and O–H groups in total. The molecule has 6 rings (SSSR count). The van der Waals surface area contributed by atoms with Gasteiger partial charge in [-0.25, -0.2) is 8.42 Å². The van der Waals surface area contributed by atoms with Gasteiger partial charge in [-0.15, -0.1) is 0 Å². The number of morpholine rings is 1. The number of rotatable bonds is 4. The highest BCUT2D eigenvalue weighted by Gasteiger charge is 2.31. The lowest BCUT2D eigenvalue weighted by Gasteiger charge is -2.26. The number of carbonyl (C=O) groups is 2. The third-order valence-corrected chi connectivity index (χ3v) is 7.52. The highest BCUT2D eigenvalue weighted by molar-refractivity contribution is 7.93. The van der Waals surface area contributed by atoms with Crippen LogP contribution in [-0.2, 0) is 14.8 Å². The first kappa shape index (κ1) is 20.7. The average Bonchev–Trinajstić information content (AvgIpc) is 3.38. The first-order chi connectivity index (χ1) is 16.4. The van der Waals surface area contributed by atoms with Crippen molar-refractivity contribution in [1.29, 1.82) is 0 Å². The number of amides is 2. The van der Waals surface area contributed by atoms with Gasteiger partial charge < -0.3 is 19.4 Å². The van der Waals surface area contributed by atoms with Crippen LogP contribution < -0.4 is 10.0 Å². The van der Waals surface area contributed by atoms with E-state index in [2.05, 4.69) is 10.0 Å². The summed E-state index contributed by atoms with van der Waals surface area (Å²) in [7, 11) is -4.16. The molecule has 0 atom stereocenters. The zero-order valence-electron chi connectivity index (χ0n) is 17.8. The fourth-order valence-electron chi connectivity index (χ4n) is 4.49. The van der Waals surface area contributed by atoms with E-state index in [9.17, 15) is 18.0 Å². The van der Waals surface area contributed by atoms with Crippen LogP contribution in [0.25, 0.3) is 21.7 Å². The Hall–Kier alpha value is -3.89. The number of hydrogen-bond donors (Lipinski definition) is 2. The zero-order chi connectivity index (χ0) is 23.4. The molecule has 172 valence electrons. The number of para-hydroxylation sites is 1. The fourth-order valence-corrected chi connectivity index (χ4v) is 5.78. The van der Waals surface area contributed by atoms with E-state index in [-0.39, 0.29) is 22.3 Å². The molecule has 3 aromatic carbocycles. The van der Waals surface area contributed by atoms with Crippen LogP contribution in [0.1, 0.15) is 20.9 Å². The quantitative estimate of drug-likeness (QED) is 0.465. The number of sulfonamides is 1. The third kappa shape index (κ3) is 3.14. The molecule has 1 fully saturated rings. The van der Waals surface area contributed by atoms with Gasteiger partial charge in [0.05, 0.1) is 18.1 Å². The second kappa shape index (κ2) is 7.57. The Labute approximate surface area is 194 Å². The monoisotopic (exact) mass is 477 g/mol. The Morgan fingerprint density at radius 2 is 1.74 bits per heavy atom. The van der Waals surface area contributed by atoms with Gasteiger partial charge in [0.1, 0.15) is 11.3 Å².